The number of hydrogen-bond donors (Lipinski definition) is 1. The van der Waals surface area contributed by atoms with Gasteiger partial charge >= 0.3 is 0 Å². The lowest BCUT2D eigenvalue weighted by atomic mass is 9.97. The first kappa shape index (κ1) is 13.6. The van der Waals surface area contributed by atoms with Crippen LogP contribution in [0.3, 0.4) is 0 Å². The summed E-state index contributed by atoms with van der Waals surface area (Å²) in [5.74, 6) is 2.67. The van der Waals surface area contributed by atoms with E-state index in [9.17, 15) is 5.11 Å². The highest BCUT2D eigenvalue weighted by atomic mass is 32.2. The molecule has 1 aromatic rings. The van der Waals surface area contributed by atoms with Gasteiger partial charge in [-0.25, -0.2) is 0 Å². The van der Waals surface area contributed by atoms with Gasteiger partial charge in [-0.1, -0.05) is 0 Å². The molecule has 100 valence electrons. The summed E-state index contributed by atoms with van der Waals surface area (Å²) in [6.45, 7) is 0. The van der Waals surface area contributed by atoms with Crippen LogP contribution in [0.5, 0.6) is 11.5 Å². The van der Waals surface area contributed by atoms with Gasteiger partial charge < -0.3 is 14.6 Å². The predicted octanol–water partition coefficient (Wildman–Crippen LogP) is 3.02. The summed E-state index contributed by atoms with van der Waals surface area (Å²) in [6.07, 6.45) is 4.61. The summed E-state index contributed by atoms with van der Waals surface area (Å²) in [7, 11) is 1.64. The van der Waals surface area contributed by atoms with Crippen LogP contribution in [0.15, 0.2) is 18.2 Å². The summed E-state index contributed by atoms with van der Waals surface area (Å²) >= 11 is 1.84. The zero-order chi connectivity index (χ0) is 13.0. The molecule has 1 aliphatic heterocycles. The van der Waals surface area contributed by atoms with E-state index in [4.69, 9.17) is 9.47 Å². The summed E-state index contributed by atoms with van der Waals surface area (Å²) < 4.78 is 11.1. The van der Waals surface area contributed by atoms with Crippen LogP contribution in [0.2, 0.25) is 0 Å². The van der Waals surface area contributed by atoms with Crippen molar-refractivity contribution in [3.8, 4) is 11.5 Å². The van der Waals surface area contributed by atoms with E-state index in [0.717, 1.165) is 35.7 Å². The molecule has 2 rings (SSSR count). The highest BCUT2D eigenvalue weighted by Gasteiger charge is 2.26. The van der Waals surface area contributed by atoms with Crippen LogP contribution >= 0.6 is 11.8 Å². The quantitative estimate of drug-likeness (QED) is 0.833. The molecule has 0 saturated carbocycles. The molecule has 2 atom stereocenters. The monoisotopic (exact) mass is 268 g/mol. The lowest BCUT2D eigenvalue weighted by Gasteiger charge is -2.30. The van der Waals surface area contributed by atoms with Crippen LogP contribution in [0.25, 0.3) is 0 Å². The molecule has 2 unspecified atom stereocenters. The average molecular weight is 268 g/mol. The van der Waals surface area contributed by atoms with E-state index in [2.05, 4.69) is 6.26 Å². The SMILES string of the molecule is COc1ccc2c(c1)OC(CCCSC)CC2O. The fourth-order valence-electron chi connectivity index (χ4n) is 2.25. The molecule has 1 N–H and O–H groups in total. The zero-order valence-electron chi connectivity index (χ0n) is 10.9. The number of fused-ring (bicyclic) bond motifs is 1. The topological polar surface area (TPSA) is 38.7 Å². The Hall–Kier alpha value is -0.870. The molecule has 0 amide bonds. The third kappa shape index (κ3) is 3.12. The highest BCUT2D eigenvalue weighted by molar-refractivity contribution is 7.98. The standard InChI is InChI=1S/C14H20O3S/c1-16-10-5-6-12-13(15)8-11(4-3-7-18-2)17-14(12)9-10/h5-6,9,11,13,15H,3-4,7-8H2,1-2H3. The van der Waals surface area contributed by atoms with E-state index in [0.29, 0.717) is 6.42 Å². The molecular weight excluding hydrogens is 248 g/mol. The molecule has 0 spiro atoms. The molecule has 0 radical (unpaired) electrons. The Balaban J connectivity index is 2.06. The molecular formula is C14H20O3S. The number of methoxy groups -OCH3 is 1. The zero-order valence-corrected chi connectivity index (χ0v) is 11.7. The maximum atomic E-state index is 10.1. The molecule has 0 fully saturated rings. The van der Waals surface area contributed by atoms with Gasteiger partial charge in [0.05, 0.1) is 13.2 Å². The Morgan fingerprint density at radius 1 is 1.50 bits per heavy atom. The Morgan fingerprint density at radius 2 is 2.33 bits per heavy atom. The van der Waals surface area contributed by atoms with Gasteiger partial charge in [0, 0.05) is 18.1 Å². The second kappa shape index (κ2) is 6.34. The smallest absolute Gasteiger partial charge is 0.129 e. The van der Waals surface area contributed by atoms with Gasteiger partial charge in [0.25, 0.3) is 0 Å². The van der Waals surface area contributed by atoms with Crippen LogP contribution in [0, 0.1) is 0 Å². The molecule has 0 saturated heterocycles. The number of ether oxygens (including phenoxy) is 2. The summed E-state index contributed by atoms with van der Waals surface area (Å²) in [5.41, 5.74) is 0.872. The third-order valence-electron chi connectivity index (χ3n) is 3.23. The highest BCUT2D eigenvalue weighted by Crippen LogP contribution is 2.38. The average Bonchev–Trinajstić information content (AvgIpc) is 2.38. The van der Waals surface area contributed by atoms with E-state index in [1.807, 2.05) is 30.0 Å². The number of hydrogen-bond acceptors (Lipinski definition) is 4. The molecule has 1 heterocycles. The summed E-state index contributed by atoms with van der Waals surface area (Å²) in [5, 5.41) is 10.1. The molecule has 1 aromatic carbocycles. The van der Waals surface area contributed by atoms with Crippen LogP contribution < -0.4 is 9.47 Å². The first-order valence-corrected chi connectivity index (χ1v) is 7.65. The van der Waals surface area contributed by atoms with Gasteiger partial charge in [0.1, 0.15) is 17.6 Å². The van der Waals surface area contributed by atoms with Crippen LogP contribution in [-0.2, 0) is 0 Å². The maximum Gasteiger partial charge on any atom is 0.129 e. The maximum absolute atomic E-state index is 10.1. The third-order valence-corrected chi connectivity index (χ3v) is 3.93. The van der Waals surface area contributed by atoms with Crippen molar-refractivity contribution in [2.75, 3.05) is 19.1 Å². The van der Waals surface area contributed by atoms with E-state index in [-0.39, 0.29) is 6.10 Å². The Labute approximate surface area is 112 Å². The lowest BCUT2D eigenvalue weighted by molar-refractivity contribution is 0.0614. The number of rotatable bonds is 5. The lowest BCUT2D eigenvalue weighted by Crippen LogP contribution is -2.25. The molecule has 18 heavy (non-hydrogen) atoms. The van der Waals surface area contributed by atoms with Crippen LogP contribution in [-0.4, -0.2) is 30.3 Å². The Morgan fingerprint density at radius 3 is 3.06 bits per heavy atom. The van der Waals surface area contributed by atoms with Crippen molar-refractivity contribution in [2.24, 2.45) is 0 Å². The number of aliphatic hydroxyl groups is 1. The van der Waals surface area contributed by atoms with Crippen LogP contribution in [0.4, 0.5) is 0 Å². The van der Waals surface area contributed by atoms with Gasteiger partial charge in [-0.05, 0) is 37.0 Å². The Bertz CT molecular complexity index is 395. The van der Waals surface area contributed by atoms with Gasteiger partial charge in [0.2, 0.25) is 0 Å². The fraction of sp³-hybridized carbons (Fsp3) is 0.571. The second-order valence-corrected chi connectivity index (χ2v) is 5.52. The number of thioether (sulfide) groups is 1. The van der Waals surface area contributed by atoms with Crippen molar-refractivity contribution in [1.29, 1.82) is 0 Å². The summed E-state index contributed by atoms with van der Waals surface area (Å²) in [4.78, 5) is 0. The molecule has 3 nitrogen and oxygen atoms in total. The first-order chi connectivity index (χ1) is 8.74. The second-order valence-electron chi connectivity index (χ2n) is 4.53. The van der Waals surface area contributed by atoms with Gasteiger partial charge in [0.15, 0.2) is 0 Å². The van der Waals surface area contributed by atoms with Gasteiger partial charge in [-0.15, -0.1) is 0 Å². The molecule has 1 aliphatic rings. The minimum atomic E-state index is -0.418. The van der Waals surface area contributed by atoms with Crippen molar-refractivity contribution in [3.05, 3.63) is 23.8 Å². The van der Waals surface area contributed by atoms with Crippen LogP contribution in [0.1, 0.15) is 30.9 Å². The Kier molecular flexibility index (Phi) is 4.78. The van der Waals surface area contributed by atoms with Gasteiger partial charge in [-0.2, -0.15) is 11.8 Å². The van der Waals surface area contributed by atoms with Crippen molar-refractivity contribution >= 4 is 11.8 Å². The van der Waals surface area contributed by atoms with Gasteiger partial charge in [-0.3, -0.25) is 0 Å². The first-order valence-electron chi connectivity index (χ1n) is 6.26. The number of benzene rings is 1. The predicted molar refractivity (Wildman–Crippen MR) is 74.6 cm³/mol. The largest absolute Gasteiger partial charge is 0.497 e. The van der Waals surface area contributed by atoms with Crippen molar-refractivity contribution in [1.82, 2.24) is 0 Å². The number of aliphatic hydroxyl groups excluding tert-OH is 1. The normalized spacial score (nSPS) is 22.2. The molecule has 4 heteroatoms. The van der Waals surface area contributed by atoms with E-state index >= 15 is 0 Å². The van der Waals surface area contributed by atoms with E-state index in [1.54, 1.807) is 7.11 Å². The van der Waals surface area contributed by atoms with E-state index < -0.39 is 6.10 Å². The fourth-order valence-corrected chi connectivity index (χ4v) is 2.71. The van der Waals surface area contributed by atoms with Crippen molar-refractivity contribution in [3.63, 3.8) is 0 Å². The minimum Gasteiger partial charge on any atom is -0.497 e. The minimum absolute atomic E-state index is 0.117. The molecule has 0 aliphatic carbocycles. The van der Waals surface area contributed by atoms with E-state index in [1.165, 1.54) is 0 Å². The molecule has 0 bridgehead atoms. The van der Waals surface area contributed by atoms with Crippen molar-refractivity contribution in [2.45, 2.75) is 31.5 Å². The molecule has 0 aromatic heterocycles. The van der Waals surface area contributed by atoms with Crippen molar-refractivity contribution < 1.29 is 14.6 Å². The summed E-state index contributed by atoms with van der Waals surface area (Å²) in [6, 6.07) is 5.61.